The van der Waals surface area contributed by atoms with Gasteiger partial charge >= 0.3 is 0 Å². The third kappa shape index (κ3) is 2.96. The van der Waals surface area contributed by atoms with Crippen molar-refractivity contribution in [3.05, 3.63) is 23.1 Å². The van der Waals surface area contributed by atoms with E-state index in [1.165, 1.54) is 12.7 Å². The molecule has 0 radical (unpaired) electrons. The number of alkyl halides is 1. The van der Waals surface area contributed by atoms with Gasteiger partial charge in [0.15, 0.2) is 0 Å². The van der Waals surface area contributed by atoms with Crippen molar-refractivity contribution < 1.29 is 9.21 Å². The predicted octanol–water partition coefficient (Wildman–Crippen LogP) is 3.32. The molecule has 0 spiro atoms. The molecular weight excluding hydrogens is 261 g/mol. The smallest absolute Gasteiger partial charge is 0.256 e. The number of furan rings is 1. The number of carbonyl (C=O) groups is 1. The van der Waals surface area contributed by atoms with E-state index in [-0.39, 0.29) is 11.1 Å². The molecule has 1 aliphatic carbocycles. The monoisotopic (exact) mass is 275 g/mol. The fourth-order valence-corrected chi connectivity index (χ4v) is 2.97. The Balaban J connectivity index is 1.86. The van der Waals surface area contributed by atoms with Gasteiger partial charge < -0.3 is 9.73 Å². The van der Waals surface area contributed by atoms with Crippen LogP contribution in [0.5, 0.6) is 0 Å². The standard InChI is InChI=1S/C12H15Cl2NO2/c13-6-8-2-1-3-9(8)7-15-12(16)10-4-5-17-11(10)14/h4-5,8-9H,1-3,6-7H2,(H,15,16). The van der Waals surface area contributed by atoms with E-state index < -0.39 is 0 Å². The van der Waals surface area contributed by atoms with Gasteiger partial charge in [0.25, 0.3) is 5.91 Å². The van der Waals surface area contributed by atoms with Crippen LogP contribution in [-0.4, -0.2) is 18.3 Å². The third-order valence-corrected chi connectivity index (χ3v) is 4.09. The lowest BCUT2D eigenvalue weighted by Gasteiger charge is -2.17. The summed E-state index contributed by atoms with van der Waals surface area (Å²) in [5, 5.41) is 3.03. The van der Waals surface area contributed by atoms with Crippen molar-refractivity contribution in [2.75, 3.05) is 12.4 Å². The predicted molar refractivity (Wildman–Crippen MR) is 67.6 cm³/mol. The molecule has 0 saturated heterocycles. The van der Waals surface area contributed by atoms with Crippen LogP contribution in [0, 0.1) is 11.8 Å². The van der Waals surface area contributed by atoms with Crippen molar-refractivity contribution >= 4 is 29.1 Å². The maximum Gasteiger partial charge on any atom is 0.256 e. The van der Waals surface area contributed by atoms with E-state index in [0.29, 0.717) is 29.8 Å². The van der Waals surface area contributed by atoms with Gasteiger partial charge in [0, 0.05) is 12.4 Å². The van der Waals surface area contributed by atoms with Gasteiger partial charge in [0.2, 0.25) is 5.22 Å². The first-order valence-corrected chi connectivity index (χ1v) is 6.70. The summed E-state index contributed by atoms with van der Waals surface area (Å²) in [6.45, 7) is 0.664. The Bertz CT molecular complexity index is 392. The first-order chi connectivity index (χ1) is 8.22. The molecule has 0 aromatic carbocycles. The number of carbonyl (C=O) groups excluding carboxylic acids is 1. The Labute approximate surface area is 110 Å². The van der Waals surface area contributed by atoms with Crippen LogP contribution < -0.4 is 5.32 Å². The number of halogens is 2. The second kappa shape index (κ2) is 5.78. The maximum atomic E-state index is 11.8. The molecule has 2 rings (SSSR count). The molecule has 1 aromatic rings. The van der Waals surface area contributed by atoms with Gasteiger partial charge in [-0.15, -0.1) is 11.6 Å². The van der Waals surface area contributed by atoms with Gasteiger partial charge in [0.1, 0.15) is 0 Å². The van der Waals surface area contributed by atoms with Crippen LogP contribution in [0.3, 0.4) is 0 Å². The molecule has 1 aromatic heterocycles. The molecule has 1 saturated carbocycles. The lowest BCUT2D eigenvalue weighted by Crippen LogP contribution is -2.31. The molecule has 0 aliphatic heterocycles. The largest absolute Gasteiger partial charge is 0.452 e. The zero-order valence-electron chi connectivity index (χ0n) is 9.42. The summed E-state index contributed by atoms with van der Waals surface area (Å²) in [4.78, 5) is 11.8. The van der Waals surface area contributed by atoms with Crippen LogP contribution >= 0.6 is 23.2 Å². The minimum absolute atomic E-state index is 0.141. The normalized spacial score (nSPS) is 23.9. The van der Waals surface area contributed by atoms with E-state index in [1.807, 2.05) is 0 Å². The minimum Gasteiger partial charge on any atom is -0.452 e. The summed E-state index contributed by atoms with van der Waals surface area (Å²) in [5.74, 6) is 1.51. The minimum atomic E-state index is -0.177. The molecular formula is C12H15Cl2NO2. The van der Waals surface area contributed by atoms with Crippen LogP contribution in [-0.2, 0) is 0 Å². The van der Waals surface area contributed by atoms with E-state index in [9.17, 15) is 4.79 Å². The van der Waals surface area contributed by atoms with Crippen molar-refractivity contribution in [2.45, 2.75) is 19.3 Å². The summed E-state index contributed by atoms with van der Waals surface area (Å²) in [5.41, 5.74) is 0.395. The van der Waals surface area contributed by atoms with Gasteiger partial charge in [-0.1, -0.05) is 6.42 Å². The van der Waals surface area contributed by atoms with E-state index in [0.717, 1.165) is 12.8 Å². The molecule has 1 N–H and O–H groups in total. The molecule has 2 unspecified atom stereocenters. The van der Waals surface area contributed by atoms with Crippen molar-refractivity contribution in [3.8, 4) is 0 Å². The summed E-state index contributed by atoms with van der Waals surface area (Å²) in [7, 11) is 0. The van der Waals surface area contributed by atoms with E-state index >= 15 is 0 Å². The average molecular weight is 276 g/mol. The van der Waals surface area contributed by atoms with Crippen LogP contribution in [0.25, 0.3) is 0 Å². The Kier molecular flexibility index (Phi) is 4.35. The van der Waals surface area contributed by atoms with Crippen molar-refractivity contribution in [1.82, 2.24) is 5.32 Å². The number of hydrogen-bond donors (Lipinski definition) is 1. The highest BCUT2D eigenvalue weighted by Gasteiger charge is 2.27. The molecule has 2 atom stereocenters. The molecule has 1 amide bonds. The zero-order chi connectivity index (χ0) is 12.3. The SMILES string of the molecule is O=C(NCC1CCCC1CCl)c1ccoc1Cl. The maximum absolute atomic E-state index is 11.8. The molecule has 3 nitrogen and oxygen atoms in total. The quantitative estimate of drug-likeness (QED) is 0.857. The van der Waals surface area contributed by atoms with E-state index in [1.54, 1.807) is 6.07 Å². The second-order valence-corrected chi connectivity index (χ2v) is 5.08. The van der Waals surface area contributed by atoms with Gasteiger partial charge in [-0.3, -0.25) is 4.79 Å². The highest BCUT2D eigenvalue weighted by molar-refractivity contribution is 6.32. The number of nitrogens with one attached hydrogen (secondary N) is 1. The fourth-order valence-electron chi connectivity index (χ4n) is 2.36. The van der Waals surface area contributed by atoms with Crippen molar-refractivity contribution in [3.63, 3.8) is 0 Å². The van der Waals surface area contributed by atoms with Crippen LogP contribution in [0.2, 0.25) is 5.22 Å². The summed E-state index contributed by atoms with van der Waals surface area (Å²) in [6.07, 6.45) is 4.91. The highest BCUT2D eigenvalue weighted by Crippen LogP contribution is 2.32. The number of amides is 1. The van der Waals surface area contributed by atoms with E-state index in [2.05, 4.69) is 5.32 Å². The summed E-state index contributed by atoms with van der Waals surface area (Å²) in [6, 6.07) is 1.57. The number of rotatable bonds is 4. The summed E-state index contributed by atoms with van der Waals surface area (Å²) >= 11 is 11.6. The second-order valence-electron chi connectivity index (χ2n) is 4.42. The Morgan fingerprint density at radius 3 is 2.88 bits per heavy atom. The lowest BCUT2D eigenvalue weighted by molar-refractivity contribution is 0.0944. The van der Waals surface area contributed by atoms with Gasteiger partial charge in [0.05, 0.1) is 11.8 Å². The third-order valence-electron chi connectivity index (χ3n) is 3.40. The Morgan fingerprint density at radius 1 is 1.47 bits per heavy atom. The van der Waals surface area contributed by atoms with Gasteiger partial charge in [-0.05, 0) is 42.3 Å². The topological polar surface area (TPSA) is 42.2 Å². The summed E-state index contributed by atoms with van der Waals surface area (Å²) < 4.78 is 4.88. The molecule has 17 heavy (non-hydrogen) atoms. The van der Waals surface area contributed by atoms with Crippen molar-refractivity contribution in [2.24, 2.45) is 11.8 Å². The van der Waals surface area contributed by atoms with Crippen LogP contribution in [0.1, 0.15) is 29.6 Å². The highest BCUT2D eigenvalue weighted by atomic mass is 35.5. The zero-order valence-corrected chi connectivity index (χ0v) is 10.9. The fraction of sp³-hybridized carbons (Fsp3) is 0.583. The molecule has 94 valence electrons. The van der Waals surface area contributed by atoms with Gasteiger partial charge in [-0.2, -0.15) is 0 Å². The molecule has 5 heteroatoms. The van der Waals surface area contributed by atoms with E-state index in [4.69, 9.17) is 27.6 Å². The molecule has 1 heterocycles. The lowest BCUT2D eigenvalue weighted by atomic mass is 9.98. The average Bonchev–Trinajstić information content (AvgIpc) is 2.94. The molecule has 1 fully saturated rings. The first-order valence-electron chi connectivity index (χ1n) is 5.79. The number of hydrogen-bond acceptors (Lipinski definition) is 2. The van der Waals surface area contributed by atoms with Crippen LogP contribution in [0.4, 0.5) is 0 Å². The van der Waals surface area contributed by atoms with Crippen LogP contribution in [0.15, 0.2) is 16.7 Å². The van der Waals surface area contributed by atoms with Gasteiger partial charge in [-0.25, -0.2) is 0 Å². The first kappa shape index (κ1) is 12.8. The Hall–Kier alpha value is -0.670. The Morgan fingerprint density at radius 2 is 2.24 bits per heavy atom. The molecule has 0 bridgehead atoms. The molecule has 1 aliphatic rings. The van der Waals surface area contributed by atoms with Crippen molar-refractivity contribution in [1.29, 1.82) is 0 Å².